The third-order valence-electron chi connectivity index (χ3n) is 3.60. The van der Waals surface area contributed by atoms with Crippen molar-refractivity contribution in [2.45, 2.75) is 25.5 Å². The number of aliphatic hydroxyl groups excluding tert-OH is 1. The minimum atomic E-state index is -3.00. The largest absolute Gasteiger partial charge is 0.389 e. The van der Waals surface area contributed by atoms with Gasteiger partial charge in [-0.1, -0.05) is 0 Å². The van der Waals surface area contributed by atoms with Gasteiger partial charge < -0.3 is 14.7 Å². The Bertz CT molecular complexity index is 440. The summed E-state index contributed by atoms with van der Waals surface area (Å²) in [7, 11) is 0.251. The number of carbonyl (C=O) groups excluding carboxylic acids is 1. The molecule has 8 heteroatoms. The molecule has 1 heterocycles. The Morgan fingerprint density at radius 1 is 1.48 bits per heavy atom. The van der Waals surface area contributed by atoms with E-state index in [1.807, 2.05) is 6.92 Å². The molecular weight excluding hydrogens is 296 g/mol. The highest BCUT2D eigenvalue weighted by atomic mass is 32.2. The van der Waals surface area contributed by atoms with Crippen LogP contribution in [0.1, 0.15) is 13.3 Å². The number of amides is 1. The number of likely N-dealkylation sites (N-methyl/N-ethyl adjacent to an activating group) is 2. The molecule has 0 aromatic heterocycles. The van der Waals surface area contributed by atoms with Crippen molar-refractivity contribution in [3.63, 3.8) is 0 Å². The van der Waals surface area contributed by atoms with Gasteiger partial charge in [0.05, 0.1) is 30.8 Å². The molecule has 2 unspecified atom stereocenters. The summed E-state index contributed by atoms with van der Waals surface area (Å²) >= 11 is 0. The minimum absolute atomic E-state index is 0.0581. The second kappa shape index (κ2) is 8.07. The number of hydrogen-bond acceptors (Lipinski definition) is 6. The molecule has 1 N–H and O–H groups in total. The Morgan fingerprint density at radius 3 is 2.62 bits per heavy atom. The highest BCUT2D eigenvalue weighted by Gasteiger charge is 2.34. The van der Waals surface area contributed by atoms with Crippen molar-refractivity contribution in [3.05, 3.63) is 0 Å². The van der Waals surface area contributed by atoms with E-state index in [9.17, 15) is 18.3 Å². The molecule has 7 nitrogen and oxygen atoms in total. The van der Waals surface area contributed by atoms with Crippen LogP contribution in [-0.4, -0.2) is 93.3 Å². The van der Waals surface area contributed by atoms with Gasteiger partial charge in [-0.15, -0.1) is 0 Å². The first kappa shape index (κ1) is 18.3. The Labute approximate surface area is 126 Å². The molecule has 0 spiro atoms. The molecule has 21 heavy (non-hydrogen) atoms. The number of methoxy groups -OCH3 is 1. The van der Waals surface area contributed by atoms with Gasteiger partial charge in [-0.2, -0.15) is 0 Å². The van der Waals surface area contributed by atoms with E-state index >= 15 is 0 Å². The van der Waals surface area contributed by atoms with Gasteiger partial charge in [-0.25, -0.2) is 8.42 Å². The molecule has 1 aliphatic rings. The van der Waals surface area contributed by atoms with Crippen LogP contribution in [0.25, 0.3) is 0 Å². The zero-order valence-corrected chi connectivity index (χ0v) is 13.8. The summed E-state index contributed by atoms with van der Waals surface area (Å²) in [5, 5.41) is 9.64. The van der Waals surface area contributed by atoms with E-state index in [1.165, 1.54) is 7.11 Å². The molecule has 1 aliphatic heterocycles. The zero-order valence-electron chi connectivity index (χ0n) is 13.0. The Hall–Kier alpha value is -0.700. The standard InChI is InChI=1S/C13H26N2O5S/c1-4-15(11-5-6-21(18,19)10-11)13(17)8-14(2)7-12(16)9-20-3/h11-12,16H,4-10H2,1-3H3. The average molecular weight is 322 g/mol. The maximum absolute atomic E-state index is 12.3. The number of aliphatic hydroxyl groups is 1. The van der Waals surface area contributed by atoms with E-state index in [0.29, 0.717) is 19.5 Å². The highest BCUT2D eigenvalue weighted by molar-refractivity contribution is 7.91. The van der Waals surface area contributed by atoms with Crippen molar-refractivity contribution in [3.8, 4) is 0 Å². The molecule has 0 bridgehead atoms. The first-order chi connectivity index (χ1) is 9.79. The SMILES string of the molecule is CCN(C(=O)CN(C)CC(O)COC)C1CCS(=O)(=O)C1. The van der Waals surface area contributed by atoms with Gasteiger partial charge in [0.1, 0.15) is 0 Å². The van der Waals surface area contributed by atoms with E-state index in [2.05, 4.69) is 0 Å². The van der Waals surface area contributed by atoms with Crippen LogP contribution in [0.2, 0.25) is 0 Å². The molecular formula is C13H26N2O5S. The van der Waals surface area contributed by atoms with Crippen molar-refractivity contribution in [1.82, 2.24) is 9.80 Å². The number of sulfone groups is 1. The summed E-state index contributed by atoms with van der Waals surface area (Å²) in [6.45, 7) is 3.05. The van der Waals surface area contributed by atoms with Crippen LogP contribution in [0.15, 0.2) is 0 Å². The molecule has 1 saturated heterocycles. The van der Waals surface area contributed by atoms with E-state index in [1.54, 1.807) is 16.8 Å². The van der Waals surface area contributed by atoms with Gasteiger partial charge in [0.2, 0.25) is 5.91 Å². The van der Waals surface area contributed by atoms with Gasteiger partial charge in [-0.3, -0.25) is 9.69 Å². The van der Waals surface area contributed by atoms with Gasteiger partial charge in [0.25, 0.3) is 0 Å². The normalized spacial score (nSPS) is 22.4. The molecule has 0 aromatic carbocycles. The number of rotatable bonds is 8. The summed E-state index contributed by atoms with van der Waals surface area (Å²) in [5.41, 5.74) is 0. The number of hydrogen-bond donors (Lipinski definition) is 1. The summed E-state index contributed by atoms with van der Waals surface area (Å²) in [4.78, 5) is 15.6. The lowest BCUT2D eigenvalue weighted by Gasteiger charge is -2.29. The first-order valence-electron chi connectivity index (χ1n) is 7.14. The van der Waals surface area contributed by atoms with Crippen LogP contribution < -0.4 is 0 Å². The summed E-state index contributed by atoms with van der Waals surface area (Å²) in [6, 6.07) is -0.218. The molecule has 2 atom stereocenters. The average Bonchev–Trinajstić information content (AvgIpc) is 2.70. The summed E-state index contributed by atoms with van der Waals surface area (Å²) in [6.07, 6.45) is -0.132. The van der Waals surface area contributed by atoms with Crippen molar-refractivity contribution in [1.29, 1.82) is 0 Å². The minimum Gasteiger partial charge on any atom is -0.389 e. The molecule has 1 amide bonds. The maximum atomic E-state index is 12.3. The third kappa shape index (κ3) is 5.90. The van der Waals surface area contributed by atoms with Crippen molar-refractivity contribution in [2.24, 2.45) is 0 Å². The third-order valence-corrected chi connectivity index (χ3v) is 5.35. The number of ether oxygens (including phenoxy) is 1. The molecule has 0 radical (unpaired) electrons. The van der Waals surface area contributed by atoms with E-state index in [0.717, 1.165) is 0 Å². The fourth-order valence-electron chi connectivity index (χ4n) is 2.65. The Morgan fingerprint density at radius 2 is 2.14 bits per heavy atom. The van der Waals surface area contributed by atoms with E-state index < -0.39 is 15.9 Å². The predicted molar refractivity (Wildman–Crippen MR) is 79.8 cm³/mol. The van der Waals surface area contributed by atoms with Gasteiger partial charge in [-0.05, 0) is 20.4 Å². The molecule has 1 fully saturated rings. The monoisotopic (exact) mass is 322 g/mol. The second-order valence-corrected chi connectivity index (χ2v) is 7.77. The molecule has 0 saturated carbocycles. The summed E-state index contributed by atoms with van der Waals surface area (Å²) in [5.74, 6) is 0.110. The van der Waals surface area contributed by atoms with Crippen molar-refractivity contribution >= 4 is 15.7 Å². The second-order valence-electron chi connectivity index (χ2n) is 5.54. The lowest BCUT2D eigenvalue weighted by atomic mass is 10.2. The van der Waals surface area contributed by atoms with Crippen LogP contribution in [0.3, 0.4) is 0 Å². The highest BCUT2D eigenvalue weighted by Crippen LogP contribution is 2.17. The summed E-state index contributed by atoms with van der Waals surface area (Å²) < 4.78 is 27.9. The van der Waals surface area contributed by atoms with Gasteiger partial charge >= 0.3 is 0 Å². The first-order valence-corrected chi connectivity index (χ1v) is 8.96. The van der Waals surface area contributed by atoms with Crippen LogP contribution in [-0.2, 0) is 19.4 Å². The lowest BCUT2D eigenvalue weighted by Crippen LogP contribution is -2.46. The van der Waals surface area contributed by atoms with Gasteiger partial charge in [0, 0.05) is 26.2 Å². The van der Waals surface area contributed by atoms with Crippen LogP contribution >= 0.6 is 0 Å². The molecule has 0 aromatic rings. The van der Waals surface area contributed by atoms with E-state index in [4.69, 9.17) is 4.74 Å². The van der Waals surface area contributed by atoms with Gasteiger partial charge in [0.15, 0.2) is 9.84 Å². The fourth-order valence-corrected chi connectivity index (χ4v) is 4.38. The number of carbonyl (C=O) groups is 1. The molecule has 1 rings (SSSR count). The van der Waals surface area contributed by atoms with Crippen molar-refractivity contribution < 1.29 is 23.1 Å². The molecule has 124 valence electrons. The van der Waals surface area contributed by atoms with Crippen LogP contribution in [0.4, 0.5) is 0 Å². The fraction of sp³-hybridized carbons (Fsp3) is 0.923. The topological polar surface area (TPSA) is 87.2 Å². The van der Waals surface area contributed by atoms with E-state index in [-0.39, 0.29) is 36.6 Å². The smallest absolute Gasteiger partial charge is 0.237 e. The number of nitrogens with zero attached hydrogens (tertiary/aromatic N) is 2. The lowest BCUT2D eigenvalue weighted by molar-refractivity contribution is -0.134. The quantitative estimate of drug-likeness (QED) is 0.614. The zero-order chi connectivity index (χ0) is 16.0. The van der Waals surface area contributed by atoms with Crippen LogP contribution in [0.5, 0.6) is 0 Å². The molecule has 0 aliphatic carbocycles. The van der Waals surface area contributed by atoms with Crippen molar-refractivity contribution in [2.75, 3.05) is 51.9 Å². The van der Waals surface area contributed by atoms with Crippen LogP contribution in [0, 0.1) is 0 Å². The Balaban J connectivity index is 2.52. The Kier molecular flexibility index (Phi) is 7.05. The maximum Gasteiger partial charge on any atom is 0.237 e. The predicted octanol–water partition coefficient (Wildman–Crippen LogP) is -1.04.